The Bertz CT molecular complexity index is 667. The fraction of sp³-hybridized carbons (Fsp3) is 0.667. The highest BCUT2D eigenvalue weighted by Crippen LogP contribution is 2.37. The van der Waals surface area contributed by atoms with Gasteiger partial charge in [-0.1, -0.05) is 11.6 Å². The summed E-state index contributed by atoms with van der Waals surface area (Å²) in [6, 6.07) is 0.152. The van der Waals surface area contributed by atoms with Crippen LogP contribution in [0.2, 0.25) is 5.15 Å². The van der Waals surface area contributed by atoms with Gasteiger partial charge in [-0.2, -0.15) is 0 Å². The largest absolute Gasteiger partial charge is 0.393 e. The maximum Gasteiger partial charge on any atom is 0.165 e. The molecular weight excluding hydrogens is 304 g/mol. The molecule has 0 amide bonds. The standard InChI is InChI=1S/C15H21ClN4O2/c1-15(2,3)22-6-9-4-10(5-11(9)21)20-8-19-12-13(16)17-7-18-14(12)20/h7-11,21H,4-6H2,1-3H3/t9-,10+,11+/m1/s1. The lowest BCUT2D eigenvalue weighted by Gasteiger charge is -2.23. The van der Waals surface area contributed by atoms with Crippen molar-refractivity contribution in [2.24, 2.45) is 5.92 Å². The molecule has 0 aromatic carbocycles. The summed E-state index contributed by atoms with van der Waals surface area (Å²) in [5, 5.41) is 10.7. The number of imidazole rings is 1. The highest BCUT2D eigenvalue weighted by molar-refractivity contribution is 6.33. The fourth-order valence-electron chi connectivity index (χ4n) is 2.93. The van der Waals surface area contributed by atoms with Crippen molar-refractivity contribution in [2.45, 2.75) is 51.4 Å². The van der Waals surface area contributed by atoms with Crippen LogP contribution in [0.15, 0.2) is 12.7 Å². The third-order valence-electron chi connectivity index (χ3n) is 4.07. The van der Waals surface area contributed by atoms with Crippen LogP contribution in [-0.2, 0) is 4.74 Å². The monoisotopic (exact) mass is 324 g/mol. The number of fused-ring (bicyclic) bond motifs is 1. The molecular formula is C15H21ClN4O2. The van der Waals surface area contributed by atoms with Crippen LogP contribution in [0.5, 0.6) is 0 Å². The molecule has 120 valence electrons. The highest BCUT2D eigenvalue weighted by Gasteiger charge is 2.35. The summed E-state index contributed by atoms with van der Waals surface area (Å²) in [7, 11) is 0. The Morgan fingerprint density at radius 1 is 1.32 bits per heavy atom. The molecule has 1 saturated carbocycles. The number of aromatic nitrogens is 4. The van der Waals surface area contributed by atoms with E-state index >= 15 is 0 Å². The van der Waals surface area contributed by atoms with Crippen LogP contribution in [-0.4, -0.2) is 42.9 Å². The molecule has 0 saturated heterocycles. The first-order valence-corrected chi connectivity index (χ1v) is 7.88. The molecule has 2 aromatic heterocycles. The van der Waals surface area contributed by atoms with Crippen molar-refractivity contribution in [3.05, 3.63) is 17.8 Å². The number of nitrogens with zero attached hydrogens (tertiary/aromatic N) is 4. The first-order chi connectivity index (χ1) is 10.3. The van der Waals surface area contributed by atoms with Gasteiger partial charge in [-0.15, -0.1) is 0 Å². The Morgan fingerprint density at radius 2 is 2.09 bits per heavy atom. The van der Waals surface area contributed by atoms with E-state index in [1.807, 2.05) is 25.3 Å². The molecule has 3 rings (SSSR count). The van der Waals surface area contributed by atoms with Crippen molar-refractivity contribution in [3.8, 4) is 0 Å². The first kappa shape index (κ1) is 15.6. The Labute approximate surface area is 134 Å². The van der Waals surface area contributed by atoms with Gasteiger partial charge >= 0.3 is 0 Å². The number of aliphatic hydroxyl groups excluding tert-OH is 1. The van der Waals surface area contributed by atoms with E-state index in [1.54, 1.807) is 6.33 Å². The average molecular weight is 325 g/mol. The predicted octanol–water partition coefficient (Wildman–Crippen LogP) is 2.61. The summed E-state index contributed by atoms with van der Waals surface area (Å²) in [6.07, 6.45) is 4.31. The molecule has 0 bridgehead atoms. The number of halogens is 1. The molecule has 1 aliphatic carbocycles. The van der Waals surface area contributed by atoms with Gasteiger partial charge in [0.1, 0.15) is 11.8 Å². The number of hydrogen-bond acceptors (Lipinski definition) is 5. The highest BCUT2D eigenvalue weighted by atomic mass is 35.5. The summed E-state index contributed by atoms with van der Waals surface area (Å²) < 4.78 is 7.81. The van der Waals surface area contributed by atoms with Gasteiger partial charge in [-0.05, 0) is 33.6 Å². The molecule has 2 heterocycles. The van der Waals surface area contributed by atoms with E-state index in [9.17, 15) is 5.11 Å². The van der Waals surface area contributed by atoms with E-state index in [2.05, 4.69) is 15.0 Å². The topological polar surface area (TPSA) is 73.1 Å². The molecule has 3 atom stereocenters. The average Bonchev–Trinajstić information content (AvgIpc) is 3.00. The second-order valence-electron chi connectivity index (χ2n) is 6.86. The number of aliphatic hydroxyl groups is 1. The Morgan fingerprint density at radius 3 is 2.82 bits per heavy atom. The summed E-state index contributed by atoms with van der Waals surface area (Å²) in [5.74, 6) is 0.124. The van der Waals surface area contributed by atoms with Crippen molar-refractivity contribution in [1.29, 1.82) is 0 Å². The van der Waals surface area contributed by atoms with Crippen LogP contribution in [0.1, 0.15) is 39.7 Å². The predicted molar refractivity (Wildman–Crippen MR) is 83.8 cm³/mol. The van der Waals surface area contributed by atoms with E-state index in [-0.39, 0.29) is 23.7 Å². The smallest absolute Gasteiger partial charge is 0.165 e. The van der Waals surface area contributed by atoms with Crippen molar-refractivity contribution in [3.63, 3.8) is 0 Å². The maximum atomic E-state index is 10.3. The van der Waals surface area contributed by atoms with Gasteiger partial charge in [0.05, 0.1) is 24.6 Å². The zero-order valence-corrected chi connectivity index (χ0v) is 13.8. The Kier molecular flexibility index (Phi) is 4.09. The molecule has 1 fully saturated rings. The third kappa shape index (κ3) is 3.09. The second kappa shape index (κ2) is 5.76. The van der Waals surface area contributed by atoms with Crippen LogP contribution in [0.3, 0.4) is 0 Å². The van der Waals surface area contributed by atoms with Gasteiger partial charge in [0, 0.05) is 12.0 Å². The minimum absolute atomic E-state index is 0.124. The lowest BCUT2D eigenvalue weighted by molar-refractivity contribution is -0.0405. The Hall–Kier alpha value is -1.24. The number of rotatable bonds is 3. The van der Waals surface area contributed by atoms with Gasteiger partial charge in [0.2, 0.25) is 0 Å². The van der Waals surface area contributed by atoms with Gasteiger partial charge in [0.25, 0.3) is 0 Å². The third-order valence-corrected chi connectivity index (χ3v) is 4.35. The molecule has 1 aliphatic rings. The summed E-state index contributed by atoms with van der Waals surface area (Å²) in [6.45, 7) is 6.62. The quantitative estimate of drug-likeness (QED) is 0.879. The minimum atomic E-state index is -0.373. The van der Waals surface area contributed by atoms with E-state index in [0.29, 0.717) is 23.7 Å². The van der Waals surface area contributed by atoms with Crippen molar-refractivity contribution < 1.29 is 9.84 Å². The molecule has 0 spiro atoms. The minimum Gasteiger partial charge on any atom is -0.393 e. The van der Waals surface area contributed by atoms with Crippen LogP contribution in [0.25, 0.3) is 11.2 Å². The molecule has 2 aromatic rings. The summed E-state index contributed by atoms with van der Waals surface area (Å²) in [5.41, 5.74) is 1.13. The lowest BCUT2D eigenvalue weighted by atomic mass is 10.1. The van der Waals surface area contributed by atoms with E-state index in [1.165, 1.54) is 6.33 Å². The first-order valence-electron chi connectivity index (χ1n) is 7.50. The fourth-order valence-corrected chi connectivity index (χ4v) is 3.10. The van der Waals surface area contributed by atoms with Crippen molar-refractivity contribution in [1.82, 2.24) is 19.5 Å². The van der Waals surface area contributed by atoms with Crippen LogP contribution in [0, 0.1) is 5.92 Å². The van der Waals surface area contributed by atoms with E-state index in [0.717, 1.165) is 12.1 Å². The molecule has 0 aliphatic heterocycles. The molecule has 22 heavy (non-hydrogen) atoms. The SMILES string of the molecule is CC(C)(C)OC[C@H]1C[C@H](n2cnc3c(Cl)ncnc32)C[C@@H]1O. The van der Waals surface area contributed by atoms with Crippen molar-refractivity contribution in [2.75, 3.05) is 6.61 Å². The molecule has 0 unspecified atom stereocenters. The molecule has 0 radical (unpaired) electrons. The zero-order valence-electron chi connectivity index (χ0n) is 13.0. The lowest BCUT2D eigenvalue weighted by Crippen LogP contribution is -2.26. The van der Waals surface area contributed by atoms with Crippen LogP contribution < -0.4 is 0 Å². The van der Waals surface area contributed by atoms with Gasteiger partial charge in [-0.3, -0.25) is 0 Å². The van der Waals surface area contributed by atoms with Crippen molar-refractivity contribution >= 4 is 22.8 Å². The zero-order chi connectivity index (χ0) is 15.9. The molecule has 1 N–H and O–H groups in total. The number of ether oxygens (including phenoxy) is 1. The van der Waals surface area contributed by atoms with Crippen LogP contribution in [0.4, 0.5) is 0 Å². The van der Waals surface area contributed by atoms with E-state index < -0.39 is 0 Å². The summed E-state index contributed by atoms with van der Waals surface area (Å²) in [4.78, 5) is 12.5. The molecule has 6 nitrogen and oxygen atoms in total. The summed E-state index contributed by atoms with van der Waals surface area (Å²) >= 11 is 6.04. The normalized spacial score (nSPS) is 26.0. The number of hydrogen-bond donors (Lipinski definition) is 1. The van der Waals surface area contributed by atoms with Gasteiger partial charge in [-0.25, -0.2) is 15.0 Å². The maximum absolute atomic E-state index is 10.3. The van der Waals surface area contributed by atoms with Gasteiger partial charge < -0.3 is 14.4 Å². The van der Waals surface area contributed by atoms with E-state index in [4.69, 9.17) is 16.3 Å². The second-order valence-corrected chi connectivity index (χ2v) is 7.22. The van der Waals surface area contributed by atoms with Crippen LogP contribution >= 0.6 is 11.6 Å². The van der Waals surface area contributed by atoms with Gasteiger partial charge in [0.15, 0.2) is 10.8 Å². The Balaban J connectivity index is 1.77. The molecule has 7 heteroatoms.